The van der Waals surface area contributed by atoms with Gasteiger partial charge in [0.05, 0.1) is 0 Å². The van der Waals surface area contributed by atoms with Crippen molar-refractivity contribution in [3.63, 3.8) is 0 Å². The maximum atomic E-state index is 5.41. The van der Waals surface area contributed by atoms with Gasteiger partial charge < -0.3 is 11.1 Å². The molecule has 0 aliphatic carbocycles. The quantitative estimate of drug-likeness (QED) is 0.572. The summed E-state index contributed by atoms with van der Waals surface area (Å²) < 4.78 is 0. The van der Waals surface area contributed by atoms with E-state index in [0.717, 1.165) is 31.8 Å². The maximum Gasteiger partial charge on any atom is 0.0106 e. The Morgan fingerprint density at radius 1 is 1.00 bits per heavy atom. The zero-order valence-corrected chi connectivity index (χ0v) is 12.4. The van der Waals surface area contributed by atoms with Gasteiger partial charge >= 0.3 is 0 Å². The number of thioether (sulfide) groups is 1. The van der Waals surface area contributed by atoms with E-state index in [2.05, 4.69) is 35.6 Å². The molecule has 0 unspecified atom stereocenters. The minimum atomic E-state index is 0. The molecule has 0 atom stereocenters. The topological polar surface area (TPSA) is 38.0 Å². The molecule has 1 rings (SSSR count). The molecule has 0 spiro atoms. The van der Waals surface area contributed by atoms with Crippen molar-refractivity contribution in [3.05, 3.63) is 30.3 Å². The van der Waals surface area contributed by atoms with Gasteiger partial charge in [0.15, 0.2) is 0 Å². The number of nitrogens with one attached hydrogen (secondary N) is 1. The first-order valence-electron chi connectivity index (χ1n) is 5.52. The van der Waals surface area contributed by atoms with Gasteiger partial charge in [0, 0.05) is 17.2 Å². The van der Waals surface area contributed by atoms with E-state index in [1.54, 1.807) is 0 Å². The Bertz CT molecular complexity index is 248. The van der Waals surface area contributed by atoms with Crippen molar-refractivity contribution in [2.75, 3.05) is 25.4 Å². The summed E-state index contributed by atoms with van der Waals surface area (Å²) in [5.41, 5.74) is 5.41. The third-order valence-corrected chi connectivity index (χ3v) is 3.11. The van der Waals surface area contributed by atoms with Gasteiger partial charge in [-0.3, -0.25) is 0 Å². The second kappa shape index (κ2) is 14.1. The molecule has 3 N–H and O–H groups in total. The molecule has 0 radical (unpaired) electrons. The summed E-state index contributed by atoms with van der Waals surface area (Å²) in [5.74, 6) is 1.13. The number of hydrogen-bond donors (Lipinski definition) is 2. The van der Waals surface area contributed by atoms with Crippen LogP contribution in [0.1, 0.15) is 12.8 Å². The van der Waals surface area contributed by atoms with E-state index in [1.807, 2.05) is 11.8 Å². The molecule has 5 heteroatoms. The Morgan fingerprint density at radius 3 is 2.35 bits per heavy atom. The standard InChI is InChI=1S/C12H20N2S.2ClH/c13-8-4-5-9-14-10-11-15-12-6-2-1-3-7-12;;/h1-3,6-7,14H,4-5,8-11,13H2;2*1H. The number of rotatable bonds is 8. The monoisotopic (exact) mass is 296 g/mol. The van der Waals surface area contributed by atoms with Crippen molar-refractivity contribution >= 4 is 36.6 Å². The van der Waals surface area contributed by atoms with Gasteiger partial charge in [-0.15, -0.1) is 36.6 Å². The fraction of sp³-hybridized carbons (Fsp3) is 0.500. The van der Waals surface area contributed by atoms with E-state index in [1.165, 1.54) is 11.3 Å². The van der Waals surface area contributed by atoms with Crippen LogP contribution in [0.25, 0.3) is 0 Å². The summed E-state index contributed by atoms with van der Waals surface area (Å²) >= 11 is 1.90. The lowest BCUT2D eigenvalue weighted by Crippen LogP contribution is -2.19. The van der Waals surface area contributed by atoms with Crippen LogP contribution in [-0.2, 0) is 0 Å². The highest BCUT2D eigenvalue weighted by Crippen LogP contribution is 2.15. The van der Waals surface area contributed by atoms with E-state index < -0.39 is 0 Å². The van der Waals surface area contributed by atoms with Crippen molar-refractivity contribution in [1.29, 1.82) is 0 Å². The average molecular weight is 297 g/mol. The first kappa shape index (κ1) is 19.4. The average Bonchev–Trinajstić information content (AvgIpc) is 2.29. The minimum Gasteiger partial charge on any atom is -0.330 e. The Hall–Kier alpha value is 0.0700. The van der Waals surface area contributed by atoms with Crippen LogP contribution in [0.4, 0.5) is 0 Å². The lowest BCUT2D eigenvalue weighted by atomic mass is 10.3. The molecule has 0 saturated carbocycles. The zero-order valence-electron chi connectivity index (χ0n) is 9.93. The van der Waals surface area contributed by atoms with Crippen LogP contribution in [0.15, 0.2) is 35.2 Å². The van der Waals surface area contributed by atoms with Gasteiger partial charge in [0.2, 0.25) is 0 Å². The predicted molar refractivity (Wildman–Crippen MR) is 82.8 cm³/mol. The van der Waals surface area contributed by atoms with Gasteiger partial charge in [-0.2, -0.15) is 0 Å². The molecular formula is C12H22Cl2N2S. The number of benzene rings is 1. The van der Waals surface area contributed by atoms with Crippen molar-refractivity contribution in [3.8, 4) is 0 Å². The second-order valence-electron chi connectivity index (χ2n) is 3.41. The Balaban J connectivity index is 0. The van der Waals surface area contributed by atoms with E-state index in [-0.39, 0.29) is 24.8 Å². The first-order chi connectivity index (χ1) is 7.43. The van der Waals surface area contributed by atoms with Crippen LogP contribution in [-0.4, -0.2) is 25.4 Å². The Kier molecular flexibility index (Phi) is 16.1. The Morgan fingerprint density at radius 2 is 1.71 bits per heavy atom. The Labute approximate surface area is 121 Å². The van der Waals surface area contributed by atoms with Crippen LogP contribution < -0.4 is 11.1 Å². The van der Waals surface area contributed by atoms with E-state index in [0.29, 0.717) is 0 Å². The van der Waals surface area contributed by atoms with Gasteiger partial charge in [-0.1, -0.05) is 18.2 Å². The van der Waals surface area contributed by atoms with Gasteiger partial charge in [0.25, 0.3) is 0 Å². The summed E-state index contributed by atoms with van der Waals surface area (Å²) in [7, 11) is 0. The largest absolute Gasteiger partial charge is 0.330 e. The summed E-state index contributed by atoms with van der Waals surface area (Å²) in [6, 6.07) is 10.5. The molecule has 0 amide bonds. The van der Waals surface area contributed by atoms with Crippen LogP contribution in [0.5, 0.6) is 0 Å². The van der Waals surface area contributed by atoms with Crippen molar-refractivity contribution < 1.29 is 0 Å². The molecule has 0 aliphatic heterocycles. The SMILES string of the molecule is Cl.Cl.NCCCCNCCSc1ccccc1. The molecule has 100 valence electrons. The third kappa shape index (κ3) is 10.9. The van der Waals surface area contributed by atoms with E-state index in [4.69, 9.17) is 5.73 Å². The number of hydrogen-bond acceptors (Lipinski definition) is 3. The molecule has 1 aromatic rings. The smallest absolute Gasteiger partial charge is 0.0106 e. The van der Waals surface area contributed by atoms with Gasteiger partial charge in [0.1, 0.15) is 0 Å². The number of nitrogens with two attached hydrogens (primary N) is 1. The fourth-order valence-corrected chi connectivity index (χ4v) is 2.11. The van der Waals surface area contributed by atoms with Crippen LogP contribution in [0.3, 0.4) is 0 Å². The third-order valence-electron chi connectivity index (χ3n) is 2.10. The molecule has 0 aromatic heterocycles. The molecule has 0 fully saturated rings. The summed E-state index contributed by atoms with van der Waals surface area (Å²) in [4.78, 5) is 1.35. The molecule has 1 aromatic carbocycles. The fourth-order valence-electron chi connectivity index (χ4n) is 1.28. The van der Waals surface area contributed by atoms with Crippen LogP contribution in [0.2, 0.25) is 0 Å². The highest BCUT2D eigenvalue weighted by atomic mass is 35.5. The summed E-state index contributed by atoms with van der Waals surface area (Å²) in [6.07, 6.45) is 2.31. The minimum absolute atomic E-state index is 0. The first-order valence-corrected chi connectivity index (χ1v) is 6.50. The molecule has 0 bridgehead atoms. The molecule has 0 aliphatic rings. The molecular weight excluding hydrogens is 275 g/mol. The van der Waals surface area contributed by atoms with E-state index in [9.17, 15) is 0 Å². The molecule has 0 saturated heterocycles. The maximum absolute atomic E-state index is 5.41. The highest BCUT2D eigenvalue weighted by Gasteiger charge is 1.92. The second-order valence-corrected chi connectivity index (χ2v) is 4.58. The predicted octanol–water partition coefficient (Wildman–Crippen LogP) is 2.95. The van der Waals surface area contributed by atoms with Gasteiger partial charge in [-0.25, -0.2) is 0 Å². The van der Waals surface area contributed by atoms with Crippen LogP contribution >= 0.6 is 36.6 Å². The number of unbranched alkanes of at least 4 members (excludes halogenated alkanes) is 1. The van der Waals surface area contributed by atoms with E-state index >= 15 is 0 Å². The zero-order chi connectivity index (χ0) is 10.8. The lowest BCUT2D eigenvalue weighted by molar-refractivity contribution is 0.649. The molecule has 17 heavy (non-hydrogen) atoms. The summed E-state index contributed by atoms with van der Waals surface area (Å²) in [5, 5.41) is 3.41. The lowest BCUT2D eigenvalue weighted by Gasteiger charge is -2.03. The summed E-state index contributed by atoms with van der Waals surface area (Å²) in [6.45, 7) is 2.97. The van der Waals surface area contributed by atoms with Crippen molar-refractivity contribution in [1.82, 2.24) is 5.32 Å². The molecule has 0 heterocycles. The highest BCUT2D eigenvalue weighted by molar-refractivity contribution is 7.99. The van der Waals surface area contributed by atoms with Crippen molar-refractivity contribution in [2.45, 2.75) is 17.7 Å². The van der Waals surface area contributed by atoms with Gasteiger partial charge in [-0.05, 0) is 38.1 Å². The normalized spacial score (nSPS) is 9.24. The number of halogens is 2. The van der Waals surface area contributed by atoms with Crippen molar-refractivity contribution in [2.24, 2.45) is 5.73 Å². The van der Waals surface area contributed by atoms with Crippen LogP contribution in [0, 0.1) is 0 Å². The molecule has 2 nitrogen and oxygen atoms in total.